The zero-order valence-corrected chi connectivity index (χ0v) is 13.4. The van der Waals surface area contributed by atoms with E-state index in [-0.39, 0.29) is 36.5 Å². The minimum absolute atomic E-state index is 0.00776. The number of carbonyl (C=O) groups is 2. The Balaban J connectivity index is 1.60. The Hall–Kier alpha value is -2.70. The summed E-state index contributed by atoms with van der Waals surface area (Å²) >= 11 is 0. The first-order chi connectivity index (χ1) is 11.6. The van der Waals surface area contributed by atoms with Gasteiger partial charge in [0.1, 0.15) is 5.82 Å². The van der Waals surface area contributed by atoms with Crippen molar-refractivity contribution in [2.75, 3.05) is 13.1 Å². The van der Waals surface area contributed by atoms with E-state index in [1.807, 2.05) is 6.92 Å². The van der Waals surface area contributed by atoms with E-state index in [0.29, 0.717) is 24.3 Å². The summed E-state index contributed by atoms with van der Waals surface area (Å²) in [5.41, 5.74) is 1.07. The Labute approximate surface area is 139 Å². The van der Waals surface area contributed by atoms with Crippen LogP contribution in [0.2, 0.25) is 0 Å². The predicted molar refractivity (Wildman–Crippen MR) is 85.7 cm³/mol. The highest BCUT2D eigenvalue weighted by Gasteiger charge is 2.33. The molecule has 1 aromatic heterocycles. The van der Waals surface area contributed by atoms with Crippen molar-refractivity contribution in [2.24, 2.45) is 5.92 Å². The fraction of sp³-hybridized carbons (Fsp3) is 0.353. The summed E-state index contributed by atoms with van der Waals surface area (Å²) in [5.74, 6) is -0.868. The van der Waals surface area contributed by atoms with Crippen LogP contribution < -0.4 is 5.32 Å². The standard InChI is InChI=1S/C17H19FN4O2/c1-2-21-10-13(8-16(21)23)17(24)20-9-12-3-4-15(14(18)7-12)22-6-5-19-11-22/h3-7,11,13H,2,8-10H2,1H3,(H,20,24)/t13-/m0/s1. The minimum atomic E-state index is -0.382. The second-order valence-corrected chi connectivity index (χ2v) is 5.81. The second-order valence-electron chi connectivity index (χ2n) is 5.81. The largest absolute Gasteiger partial charge is 0.352 e. The summed E-state index contributed by atoms with van der Waals surface area (Å²) in [7, 11) is 0. The summed E-state index contributed by atoms with van der Waals surface area (Å²) in [6.45, 7) is 3.19. The van der Waals surface area contributed by atoms with Gasteiger partial charge >= 0.3 is 0 Å². The smallest absolute Gasteiger partial charge is 0.225 e. The number of carbonyl (C=O) groups excluding carboxylic acids is 2. The summed E-state index contributed by atoms with van der Waals surface area (Å²) in [6.07, 6.45) is 5.01. The molecule has 7 heteroatoms. The van der Waals surface area contributed by atoms with E-state index in [1.165, 1.54) is 12.4 Å². The van der Waals surface area contributed by atoms with Crippen LogP contribution in [0, 0.1) is 11.7 Å². The van der Waals surface area contributed by atoms with Gasteiger partial charge in [-0.05, 0) is 24.6 Å². The van der Waals surface area contributed by atoms with Gasteiger partial charge in [0.2, 0.25) is 11.8 Å². The molecule has 0 unspecified atom stereocenters. The van der Waals surface area contributed by atoms with Gasteiger partial charge in [-0.2, -0.15) is 0 Å². The van der Waals surface area contributed by atoms with E-state index in [0.717, 1.165) is 0 Å². The van der Waals surface area contributed by atoms with E-state index in [4.69, 9.17) is 0 Å². The Bertz CT molecular complexity index is 745. The van der Waals surface area contributed by atoms with Gasteiger partial charge in [-0.15, -0.1) is 0 Å². The van der Waals surface area contributed by atoms with Crippen LogP contribution in [0.25, 0.3) is 5.69 Å². The van der Waals surface area contributed by atoms with Crippen LogP contribution in [0.5, 0.6) is 0 Å². The third-order valence-electron chi connectivity index (χ3n) is 4.23. The first-order valence-corrected chi connectivity index (χ1v) is 7.90. The first kappa shape index (κ1) is 16.2. The molecule has 1 saturated heterocycles. The molecule has 0 bridgehead atoms. The lowest BCUT2D eigenvalue weighted by molar-refractivity contribution is -0.128. The zero-order valence-electron chi connectivity index (χ0n) is 13.4. The Kier molecular flexibility index (Phi) is 4.59. The Morgan fingerprint density at radius 3 is 2.92 bits per heavy atom. The molecule has 0 aliphatic carbocycles. The molecule has 0 saturated carbocycles. The number of imidazole rings is 1. The van der Waals surface area contributed by atoms with Gasteiger partial charge in [0.05, 0.1) is 17.9 Å². The van der Waals surface area contributed by atoms with Crippen LogP contribution in [-0.2, 0) is 16.1 Å². The van der Waals surface area contributed by atoms with Gasteiger partial charge in [0, 0.05) is 38.4 Å². The van der Waals surface area contributed by atoms with Crippen molar-refractivity contribution in [1.29, 1.82) is 0 Å². The van der Waals surface area contributed by atoms with Crippen LogP contribution in [0.1, 0.15) is 18.9 Å². The molecule has 1 aliphatic heterocycles. The molecule has 24 heavy (non-hydrogen) atoms. The van der Waals surface area contributed by atoms with Crippen molar-refractivity contribution in [3.63, 3.8) is 0 Å². The van der Waals surface area contributed by atoms with Crippen LogP contribution >= 0.6 is 0 Å². The highest BCUT2D eigenvalue weighted by Crippen LogP contribution is 2.18. The van der Waals surface area contributed by atoms with E-state index >= 15 is 0 Å². The van der Waals surface area contributed by atoms with E-state index < -0.39 is 0 Å². The summed E-state index contributed by atoms with van der Waals surface area (Å²) in [5, 5.41) is 2.78. The number of likely N-dealkylation sites (tertiary alicyclic amines) is 1. The van der Waals surface area contributed by atoms with Gasteiger partial charge in [-0.1, -0.05) is 6.07 Å². The summed E-state index contributed by atoms with van der Waals surface area (Å²) in [4.78, 5) is 29.4. The lowest BCUT2D eigenvalue weighted by Crippen LogP contribution is -2.32. The molecule has 0 radical (unpaired) electrons. The van der Waals surface area contributed by atoms with E-state index in [9.17, 15) is 14.0 Å². The Morgan fingerprint density at radius 1 is 1.46 bits per heavy atom. The maximum atomic E-state index is 14.2. The molecular weight excluding hydrogens is 311 g/mol. The number of benzene rings is 1. The van der Waals surface area contributed by atoms with Crippen LogP contribution in [0.3, 0.4) is 0 Å². The SMILES string of the molecule is CCN1C[C@@H](C(=O)NCc2ccc(-n3ccnc3)c(F)c2)CC1=O. The fourth-order valence-electron chi connectivity index (χ4n) is 2.86. The minimum Gasteiger partial charge on any atom is -0.352 e. The third kappa shape index (κ3) is 3.29. The number of amides is 2. The van der Waals surface area contributed by atoms with Crippen LogP contribution in [-0.4, -0.2) is 39.4 Å². The highest BCUT2D eigenvalue weighted by molar-refractivity contribution is 5.89. The molecule has 1 aromatic carbocycles. The number of hydrogen-bond donors (Lipinski definition) is 1. The maximum absolute atomic E-state index is 14.2. The Morgan fingerprint density at radius 2 is 2.29 bits per heavy atom. The number of aromatic nitrogens is 2. The maximum Gasteiger partial charge on any atom is 0.225 e. The molecule has 2 aromatic rings. The second kappa shape index (κ2) is 6.82. The first-order valence-electron chi connectivity index (χ1n) is 7.90. The van der Waals surface area contributed by atoms with Crippen molar-refractivity contribution in [1.82, 2.24) is 19.8 Å². The molecule has 3 rings (SSSR count). The third-order valence-corrected chi connectivity index (χ3v) is 4.23. The van der Waals surface area contributed by atoms with Crippen molar-refractivity contribution >= 4 is 11.8 Å². The molecule has 126 valence electrons. The predicted octanol–water partition coefficient (Wildman–Crippen LogP) is 1.50. The molecule has 6 nitrogen and oxygen atoms in total. The molecule has 1 fully saturated rings. The topological polar surface area (TPSA) is 67.2 Å². The van der Waals surface area contributed by atoms with Crippen molar-refractivity contribution in [3.8, 4) is 5.69 Å². The summed E-state index contributed by atoms with van der Waals surface area (Å²) < 4.78 is 15.8. The van der Waals surface area contributed by atoms with Gasteiger partial charge in [-0.3, -0.25) is 9.59 Å². The number of halogens is 1. The highest BCUT2D eigenvalue weighted by atomic mass is 19.1. The van der Waals surface area contributed by atoms with Crippen molar-refractivity contribution in [3.05, 3.63) is 48.3 Å². The number of hydrogen-bond acceptors (Lipinski definition) is 3. The average Bonchev–Trinajstić information content (AvgIpc) is 3.22. The van der Waals surface area contributed by atoms with Crippen molar-refractivity contribution < 1.29 is 14.0 Å². The zero-order chi connectivity index (χ0) is 17.1. The van der Waals surface area contributed by atoms with Gasteiger partial charge in [0.25, 0.3) is 0 Å². The lowest BCUT2D eigenvalue weighted by Gasteiger charge is -2.14. The molecule has 0 spiro atoms. The quantitative estimate of drug-likeness (QED) is 0.903. The molecule has 1 N–H and O–H groups in total. The number of nitrogens with zero attached hydrogens (tertiary/aromatic N) is 3. The van der Waals surface area contributed by atoms with Gasteiger partial charge in [-0.25, -0.2) is 9.37 Å². The van der Waals surface area contributed by atoms with Crippen LogP contribution in [0.15, 0.2) is 36.9 Å². The number of nitrogens with one attached hydrogen (secondary N) is 1. The van der Waals surface area contributed by atoms with E-state index in [1.54, 1.807) is 34.0 Å². The lowest BCUT2D eigenvalue weighted by atomic mass is 10.1. The monoisotopic (exact) mass is 330 g/mol. The van der Waals surface area contributed by atoms with Gasteiger partial charge < -0.3 is 14.8 Å². The molecule has 1 atom stereocenters. The average molecular weight is 330 g/mol. The van der Waals surface area contributed by atoms with Crippen molar-refractivity contribution in [2.45, 2.75) is 19.9 Å². The molecule has 2 heterocycles. The fourth-order valence-corrected chi connectivity index (χ4v) is 2.86. The van der Waals surface area contributed by atoms with Crippen LogP contribution in [0.4, 0.5) is 4.39 Å². The van der Waals surface area contributed by atoms with Gasteiger partial charge in [0.15, 0.2) is 0 Å². The van der Waals surface area contributed by atoms with E-state index in [2.05, 4.69) is 10.3 Å². The summed E-state index contributed by atoms with van der Waals surface area (Å²) in [6, 6.07) is 4.81. The molecule has 1 aliphatic rings. The normalized spacial score (nSPS) is 17.3. The molecule has 2 amide bonds. The number of rotatable bonds is 5. The molecular formula is C17H19FN4O2.